The van der Waals surface area contributed by atoms with Gasteiger partial charge in [-0.3, -0.25) is 19.2 Å². The van der Waals surface area contributed by atoms with Gasteiger partial charge in [-0.05, 0) is 41.8 Å². The van der Waals surface area contributed by atoms with E-state index in [4.69, 9.17) is 0 Å². The second kappa shape index (κ2) is 9.40. The topological polar surface area (TPSA) is 70.5 Å². The predicted molar refractivity (Wildman–Crippen MR) is 118 cm³/mol. The monoisotopic (exact) mass is 441 g/mol. The minimum atomic E-state index is -0.311. The zero-order valence-electron chi connectivity index (χ0n) is 17.3. The molecule has 7 nitrogen and oxygen atoms in total. The van der Waals surface area contributed by atoms with Crippen molar-refractivity contribution in [2.45, 2.75) is 0 Å². The Hall–Kier alpha value is -3.04. The molecule has 1 N–H and O–H groups in total. The molecule has 0 bridgehead atoms. The molecule has 1 fully saturated rings. The number of carbonyl (C=O) groups is 2. The maximum absolute atomic E-state index is 13.1. The molecule has 2 amide bonds. The van der Waals surface area contributed by atoms with Gasteiger partial charge >= 0.3 is 0 Å². The molecule has 1 saturated heterocycles. The molecular formula is C22H24FN5O2S. The molecule has 0 spiro atoms. The number of benzene rings is 1. The van der Waals surface area contributed by atoms with Crippen molar-refractivity contribution in [3.63, 3.8) is 0 Å². The van der Waals surface area contributed by atoms with E-state index in [1.807, 2.05) is 21.7 Å². The summed E-state index contributed by atoms with van der Waals surface area (Å²) in [5, 5.41) is 11.1. The fourth-order valence-electron chi connectivity index (χ4n) is 3.60. The van der Waals surface area contributed by atoms with Crippen molar-refractivity contribution in [3.8, 4) is 11.3 Å². The van der Waals surface area contributed by atoms with Crippen LogP contribution in [0.15, 0.2) is 47.2 Å². The number of nitrogens with one attached hydrogen (secondary N) is 1. The number of halogens is 1. The van der Waals surface area contributed by atoms with Crippen LogP contribution in [0.2, 0.25) is 0 Å². The lowest BCUT2D eigenvalue weighted by Gasteiger charge is -2.34. The van der Waals surface area contributed by atoms with Crippen LogP contribution in [0.5, 0.6) is 0 Å². The average Bonchev–Trinajstić information content (AvgIpc) is 3.44. The Labute approximate surface area is 184 Å². The zero-order chi connectivity index (χ0) is 21.8. The van der Waals surface area contributed by atoms with E-state index in [2.05, 4.69) is 15.3 Å². The first-order valence-electron chi connectivity index (χ1n) is 10.1. The van der Waals surface area contributed by atoms with Crippen LogP contribution in [0.3, 0.4) is 0 Å². The number of aromatic nitrogens is 2. The Balaban J connectivity index is 1.25. The van der Waals surface area contributed by atoms with Crippen molar-refractivity contribution < 1.29 is 14.0 Å². The van der Waals surface area contributed by atoms with Gasteiger partial charge in [0.15, 0.2) is 0 Å². The first-order chi connectivity index (χ1) is 15.0. The summed E-state index contributed by atoms with van der Waals surface area (Å²) >= 11 is 1.53. The quantitative estimate of drug-likeness (QED) is 0.638. The third-order valence-corrected chi connectivity index (χ3v) is 6.08. The second-order valence-corrected chi connectivity index (χ2v) is 8.23. The fourth-order valence-corrected chi connectivity index (χ4v) is 4.23. The van der Waals surface area contributed by atoms with Crippen molar-refractivity contribution in [2.24, 2.45) is 7.05 Å². The average molecular weight is 442 g/mol. The summed E-state index contributed by atoms with van der Waals surface area (Å²) in [4.78, 5) is 29.1. The minimum absolute atomic E-state index is 0.0855. The molecule has 31 heavy (non-hydrogen) atoms. The molecule has 3 heterocycles. The van der Waals surface area contributed by atoms with Crippen LogP contribution in [0.4, 0.5) is 4.39 Å². The van der Waals surface area contributed by atoms with Gasteiger partial charge in [0.25, 0.3) is 11.8 Å². The summed E-state index contributed by atoms with van der Waals surface area (Å²) in [5.74, 6) is -0.425. The van der Waals surface area contributed by atoms with Crippen LogP contribution in [-0.4, -0.2) is 70.7 Å². The number of nitrogens with zero attached hydrogens (tertiary/aromatic N) is 4. The van der Waals surface area contributed by atoms with Gasteiger partial charge in [-0.1, -0.05) is 0 Å². The number of amides is 2. The summed E-state index contributed by atoms with van der Waals surface area (Å²) in [5.41, 5.74) is 2.58. The molecule has 0 aliphatic carbocycles. The summed E-state index contributed by atoms with van der Waals surface area (Å²) < 4.78 is 14.7. The Bertz CT molecular complexity index is 1040. The molecule has 1 aliphatic heterocycles. The number of rotatable bonds is 6. The highest BCUT2D eigenvalue weighted by atomic mass is 32.1. The molecule has 1 aliphatic rings. The SMILES string of the molecule is Cn1nc(-c2ccc(F)cc2)cc1C(=O)NCCN1CCN(C(=O)c2ccsc2)CC1. The summed E-state index contributed by atoms with van der Waals surface area (Å²) in [6.07, 6.45) is 0. The van der Waals surface area contributed by atoms with Gasteiger partial charge in [-0.15, -0.1) is 0 Å². The van der Waals surface area contributed by atoms with E-state index in [0.29, 0.717) is 31.0 Å². The standard InChI is InChI=1S/C22H24FN5O2S/c1-26-20(14-19(25-26)16-2-4-18(23)5-3-16)21(29)24-7-8-27-9-11-28(12-10-27)22(30)17-6-13-31-15-17/h2-6,13-15H,7-12H2,1H3,(H,24,29). The normalized spacial score (nSPS) is 14.6. The molecule has 1 aromatic carbocycles. The first kappa shape index (κ1) is 21.2. The molecule has 0 atom stereocenters. The molecular weight excluding hydrogens is 417 g/mol. The highest BCUT2D eigenvalue weighted by Gasteiger charge is 2.22. The molecule has 0 saturated carbocycles. The van der Waals surface area contributed by atoms with Gasteiger partial charge < -0.3 is 10.2 Å². The molecule has 162 valence electrons. The maximum Gasteiger partial charge on any atom is 0.269 e. The Morgan fingerprint density at radius 2 is 1.87 bits per heavy atom. The summed E-state index contributed by atoms with van der Waals surface area (Å²) in [6, 6.07) is 9.59. The third kappa shape index (κ3) is 5.00. The number of aryl methyl sites for hydroxylation is 1. The van der Waals surface area contributed by atoms with E-state index in [1.165, 1.54) is 28.2 Å². The molecule has 4 rings (SSSR count). The summed E-state index contributed by atoms with van der Waals surface area (Å²) in [6.45, 7) is 4.17. The summed E-state index contributed by atoms with van der Waals surface area (Å²) in [7, 11) is 1.71. The molecule has 2 aromatic heterocycles. The molecule has 9 heteroatoms. The molecule has 3 aromatic rings. The maximum atomic E-state index is 13.1. The van der Waals surface area contributed by atoms with E-state index in [-0.39, 0.29) is 17.6 Å². The third-order valence-electron chi connectivity index (χ3n) is 5.39. The van der Waals surface area contributed by atoms with Crippen LogP contribution in [0, 0.1) is 5.82 Å². The van der Waals surface area contributed by atoms with Crippen molar-refractivity contribution in [1.29, 1.82) is 0 Å². The first-order valence-corrected chi connectivity index (χ1v) is 11.1. The van der Waals surface area contributed by atoms with E-state index < -0.39 is 0 Å². The lowest BCUT2D eigenvalue weighted by Crippen LogP contribution is -2.50. The van der Waals surface area contributed by atoms with Crippen molar-refractivity contribution in [1.82, 2.24) is 24.9 Å². The number of carbonyl (C=O) groups excluding carboxylic acids is 2. The van der Waals surface area contributed by atoms with Crippen LogP contribution in [-0.2, 0) is 7.05 Å². The Morgan fingerprint density at radius 3 is 2.55 bits per heavy atom. The van der Waals surface area contributed by atoms with E-state index in [0.717, 1.165) is 30.8 Å². The number of hydrogen-bond donors (Lipinski definition) is 1. The molecule has 0 radical (unpaired) electrons. The van der Waals surface area contributed by atoms with Crippen molar-refractivity contribution in [3.05, 3.63) is 64.2 Å². The van der Waals surface area contributed by atoms with Crippen LogP contribution in [0.25, 0.3) is 11.3 Å². The van der Waals surface area contributed by atoms with Gasteiger partial charge in [0.05, 0.1) is 11.3 Å². The van der Waals surface area contributed by atoms with Crippen LogP contribution in [0.1, 0.15) is 20.8 Å². The van der Waals surface area contributed by atoms with Gasteiger partial charge in [0.2, 0.25) is 0 Å². The number of thiophene rings is 1. The van der Waals surface area contributed by atoms with E-state index in [1.54, 1.807) is 25.2 Å². The van der Waals surface area contributed by atoms with Crippen LogP contribution >= 0.6 is 11.3 Å². The highest BCUT2D eigenvalue weighted by Crippen LogP contribution is 2.19. The smallest absolute Gasteiger partial charge is 0.269 e. The van der Waals surface area contributed by atoms with E-state index >= 15 is 0 Å². The van der Waals surface area contributed by atoms with Gasteiger partial charge in [-0.25, -0.2) is 4.39 Å². The molecule has 0 unspecified atom stereocenters. The minimum Gasteiger partial charge on any atom is -0.349 e. The van der Waals surface area contributed by atoms with Crippen molar-refractivity contribution in [2.75, 3.05) is 39.3 Å². The van der Waals surface area contributed by atoms with Crippen molar-refractivity contribution >= 4 is 23.2 Å². The number of piperazine rings is 1. The Morgan fingerprint density at radius 1 is 1.13 bits per heavy atom. The number of hydrogen-bond acceptors (Lipinski definition) is 5. The van der Waals surface area contributed by atoms with Gasteiger partial charge in [0.1, 0.15) is 11.5 Å². The predicted octanol–water partition coefficient (Wildman–Crippen LogP) is 2.48. The fraction of sp³-hybridized carbons (Fsp3) is 0.318. The largest absolute Gasteiger partial charge is 0.349 e. The lowest BCUT2D eigenvalue weighted by molar-refractivity contribution is 0.0638. The van der Waals surface area contributed by atoms with Gasteiger partial charge in [0, 0.05) is 57.3 Å². The lowest BCUT2D eigenvalue weighted by atomic mass is 10.1. The van der Waals surface area contributed by atoms with Crippen LogP contribution < -0.4 is 5.32 Å². The zero-order valence-corrected chi connectivity index (χ0v) is 18.1. The second-order valence-electron chi connectivity index (χ2n) is 7.45. The van der Waals surface area contributed by atoms with Gasteiger partial charge in [-0.2, -0.15) is 16.4 Å². The highest BCUT2D eigenvalue weighted by molar-refractivity contribution is 7.08. The Kier molecular flexibility index (Phi) is 6.43. The van der Waals surface area contributed by atoms with E-state index in [9.17, 15) is 14.0 Å².